The molecule has 2 aromatic carbocycles. The average Bonchev–Trinajstić information content (AvgIpc) is 3.15. The summed E-state index contributed by atoms with van der Waals surface area (Å²) in [6.45, 7) is 5.19. The SMILES string of the molecule is Cc1ccc(CNC(=O)CN2CCC[C@@H]2c2ccc3c(c2)OCCO3)cc1. The fraction of sp³-hybridized carbons (Fsp3) is 0.409. The highest BCUT2D eigenvalue weighted by Gasteiger charge is 2.28. The van der Waals surface area contributed by atoms with Gasteiger partial charge in [-0.2, -0.15) is 0 Å². The van der Waals surface area contributed by atoms with Crippen LogP contribution in [0, 0.1) is 6.92 Å². The molecule has 1 atom stereocenters. The summed E-state index contributed by atoms with van der Waals surface area (Å²) >= 11 is 0. The first-order valence-corrected chi connectivity index (χ1v) is 9.65. The van der Waals surface area contributed by atoms with Crippen molar-refractivity contribution in [3.8, 4) is 11.5 Å². The van der Waals surface area contributed by atoms with Gasteiger partial charge in [0.05, 0.1) is 6.54 Å². The van der Waals surface area contributed by atoms with Crippen molar-refractivity contribution in [3.63, 3.8) is 0 Å². The molecular formula is C22H26N2O3. The quantitative estimate of drug-likeness (QED) is 0.883. The van der Waals surface area contributed by atoms with E-state index in [1.807, 2.05) is 6.07 Å². The van der Waals surface area contributed by atoms with Gasteiger partial charge in [0.25, 0.3) is 0 Å². The molecule has 2 heterocycles. The van der Waals surface area contributed by atoms with Crippen LogP contribution in [0.3, 0.4) is 0 Å². The Balaban J connectivity index is 1.36. The number of hydrogen-bond donors (Lipinski definition) is 1. The van der Waals surface area contributed by atoms with Crippen LogP contribution >= 0.6 is 0 Å². The predicted molar refractivity (Wildman–Crippen MR) is 104 cm³/mol. The number of amides is 1. The number of benzene rings is 2. The maximum absolute atomic E-state index is 12.5. The Morgan fingerprint density at radius 3 is 2.70 bits per heavy atom. The molecule has 2 aliphatic heterocycles. The molecule has 1 saturated heterocycles. The van der Waals surface area contributed by atoms with E-state index in [9.17, 15) is 4.79 Å². The number of rotatable bonds is 5. The second-order valence-corrected chi connectivity index (χ2v) is 7.29. The fourth-order valence-electron chi connectivity index (χ4n) is 3.81. The van der Waals surface area contributed by atoms with Gasteiger partial charge in [-0.3, -0.25) is 9.69 Å². The lowest BCUT2D eigenvalue weighted by atomic mass is 10.0. The lowest BCUT2D eigenvalue weighted by molar-refractivity contribution is -0.122. The Labute approximate surface area is 160 Å². The van der Waals surface area contributed by atoms with Crippen LogP contribution in [0.2, 0.25) is 0 Å². The van der Waals surface area contributed by atoms with Crippen LogP contribution < -0.4 is 14.8 Å². The van der Waals surface area contributed by atoms with Gasteiger partial charge in [-0.05, 0) is 49.6 Å². The van der Waals surface area contributed by atoms with Crippen molar-refractivity contribution < 1.29 is 14.3 Å². The standard InChI is InChI=1S/C22H26N2O3/c1-16-4-6-17(7-5-16)14-23-22(25)15-24-10-2-3-19(24)18-8-9-20-21(13-18)27-12-11-26-20/h4-9,13,19H,2-3,10-12,14-15H2,1H3,(H,23,25)/t19-/m1/s1. The minimum absolute atomic E-state index is 0.0695. The third-order valence-electron chi connectivity index (χ3n) is 5.27. The Morgan fingerprint density at radius 2 is 1.89 bits per heavy atom. The van der Waals surface area contributed by atoms with Crippen LogP contribution in [-0.2, 0) is 11.3 Å². The minimum atomic E-state index is 0.0695. The first-order valence-electron chi connectivity index (χ1n) is 9.65. The van der Waals surface area contributed by atoms with Crippen molar-refractivity contribution >= 4 is 5.91 Å². The largest absolute Gasteiger partial charge is 0.486 e. The Morgan fingerprint density at radius 1 is 1.11 bits per heavy atom. The molecule has 5 nitrogen and oxygen atoms in total. The van der Waals surface area contributed by atoms with Crippen LogP contribution in [0.4, 0.5) is 0 Å². The van der Waals surface area contributed by atoms with Gasteiger partial charge in [0.2, 0.25) is 5.91 Å². The van der Waals surface area contributed by atoms with Gasteiger partial charge in [0, 0.05) is 12.6 Å². The van der Waals surface area contributed by atoms with Gasteiger partial charge in [-0.25, -0.2) is 0 Å². The molecule has 27 heavy (non-hydrogen) atoms. The van der Waals surface area contributed by atoms with E-state index in [2.05, 4.69) is 53.5 Å². The molecule has 2 aliphatic rings. The molecular weight excluding hydrogens is 340 g/mol. The molecule has 0 saturated carbocycles. The highest BCUT2D eigenvalue weighted by molar-refractivity contribution is 5.78. The number of carbonyl (C=O) groups excluding carboxylic acids is 1. The van der Waals surface area contributed by atoms with Gasteiger partial charge in [0.1, 0.15) is 13.2 Å². The molecule has 0 unspecified atom stereocenters. The lowest BCUT2D eigenvalue weighted by Gasteiger charge is -2.26. The molecule has 0 radical (unpaired) electrons. The first-order chi connectivity index (χ1) is 13.2. The highest BCUT2D eigenvalue weighted by atomic mass is 16.6. The van der Waals surface area contributed by atoms with Gasteiger partial charge in [0.15, 0.2) is 11.5 Å². The summed E-state index contributed by atoms with van der Waals surface area (Å²) in [5.74, 6) is 1.69. The van der Waals surface area contributed by atoms with Gasteiger partial charge in [-0.1, -0.05) is 35.9 Å². The monoisotopic (exact) mass is 366 g/mol. The number of fused-ring (bicyclic) bond motifs is 1. The fourth-order valence-corrected chi connectivity index (χ4v) is 3.81. The molecule has 1 amide bonds. The maximum atomic E-state index is 12.5. The number of nitrogens with zero attached hydrogens (tertiary/aromatic N) is 1. The second kappa shape index (κ2) is 8.01. The molecule has 1 fully saturated rings. The van der Waals surface area contributed by atoms with Gasteiger partial charge in [-0.15, -0.1) is 0 Å². The zero-order chi connectivity index (χ0) is 18.6. The van der Waals surface area contributed by atoms with E-state index in [1.54, 1.807) is 0 Å². The van der Waals surface area contributed by atoms with Crippen LogP contribution in [-0.4, -0.2) is 37.1 Å². The third kappa shape index (κ3) is 4.25. The lowest BCUT2D eigenvalue weighted by Crippen LogP contribution is -2.36. The van der Waals surface area contributed by atoms with E-state index >= 15 is 0 Å². The van der Waals surface area contributed by atoms with Crippen LogP contribution in [0.1, 0.15) is 35.6 Å². The molecule has 2 aromatic rings. The van der Waals surface area contributed by atoms with Crippen molar-refractivity contribution in [1.82, 2.24) is 10.2 Å². The smallest absolute Gasteiger partial charge is 0.234 e. The van der Waals surface area contributed by atoms with Crippen molar-refractivity contribution in [2.45, 2.75) is 32.4 Å². The van der Waals surface area contributed by atoms with Crippen molar-refractivity contribution in [1.29, 1.82) is 0 Å². The Bertz CT molecular complexity index is 804. The molecule has 5 heteroatoms. The van der Waals surface area contributed by atoms with Crippen molar-refractivity contribution in [2.75, 3.05) is 26.3 Å². The maximum Gasteiger partial charge on any atom is 0.234 e. The average molecular weight is 366 g/mol. The van der Waals surface area contributed by atoms with Crippen LogP contribution in [0.25, 0.3) is 0 Å². The van der Waals surface area contributed by atoms with Crippen molar-refractivity contribution in [3.05, 3.63) is 59.2 Å². The molecule has 0 bridgehead atoms. The number of carbonyl (C=O) groups is 1. The number of nitrogens with one attached hydrogen (secondary N) is 1. The Kier molecular flexibility index (Phi) is 5.30. The van der Waals surface area contributed by atoms with Crippen LogP contribution in [0.5, 0.6) is 11.5 Å². The van der Waals surface area contributed by atoms with E-state index in [1.165, 1.54) is 11.1 Å². The normalized spacial score (nSPS) is 19.1. The summed E-state index contributed by atoms with van der Waals surface area (Å²) in [7, 11) is 0. The molecule has 0 aromatic heterocycles. The van der Waals surface area contributed by atoms with E-state index in [-0.39, 0.29) is 11.9 Å². The van der Waals surface area contributed by atoms with Crippen molar-refractivity contribution in [2.24, 2.45) is 0 Å². The minimum Gasteiger partial charge on any atom is -0.486 e. The Hall–Kier alpha value is -2.53. The summed E-state index contributed by atoms with van der Waals surface area (Å²) in [5.41, 5.74) is 3.55. The molecule has 1 N–H and O–H groups in total. The second-order valence-electron chi connectivity index (χ2n) is 7.29. The highest BCUT2D eigenvalue weighted by Crippen LogP contribution is 2.37. The van der Waals surface area contributed by atoms with E-state index in [4.69, 9.17) is 9.47 Å². The van der Waals surface area contributed by atoms with Gasteiger partial charge >= 0.3 is 0 Å². The third-order valence-corrected chi connectivity index (χ3v) is 5.27. The zero-order valence-corrected chi connectivity index (χ0v) is 15.7. The van der Waals surface area contributed by atoms with E-state index in [0.717, 1.165) is 36.4 Å². The summed E-state index contributed by atoms with van der Waals surface area (Å²) in [4.78, 5) is 14.7. The molecule has 4 rings (SSSR count). The number of likely N-dealkylation sites (tertiary alicyclic amines) is 1. The number of aryl methyl sites for hydroxylation is 1. The van der Waals surface area contributed by atoms with Crippen LogP contribution in [0.15, 0.2) is 42.5 Å². The topological polar surface area (TPSA) is 50.8 Å². The number of hydrogen-bond acceptors (Lipinski definition) is 4. The van der Waals surface area contributed by atoms with Gasteiger partial charge < -0.3 is 14.8 Å². The summed E-state index contributed by atoms with van der Waals surface area (Å²) in [5, 5.41) is 3.04. The molecule has 0 aliphatic carbocycles. The predicted octanol–water partition coefficient (Wildman–Crippen LogP) is 3.22. The summed E-state index contributed by atoms with van der Waals surface area (Å²) in [6.07, 6.45) is 2.16. The molecule has 142 valence electrons. The van der Waals surface area contributed by atoms with E-state index < -0.39 is 0 Å². The first kappa shape index (κ1) is 17.9. The summed E-state index contributed by atoms with van der Waals surface area (Å²) < 4.78 is 11.3. The molecule has 0 spiro atoms. The van der Waals surface area contributed by atoms with E-state index in [0.29, 0.717) is 26.3 Å². The zero-order valence-electron chi connectivity index (χ0n) is 15.7. The number of ether oxygens (including phenoxy) is 2. The summed E-state index contributed by atoms with van der Waals surface area (Å²) in [6, 6.07) is 14.7.